The molecule has 5 nitrogen and oxygen atoms in total. The molecule has 0 spiro atoms. The Morgan fingerprint density at radius 3 is 2.89 bits per heavy atom. The largest absolute Gasteiger partial charge is 0.379 e. The Balaban J connectivity index is 1.59. The minimum Gasteiger partial charge on any atom is -0.379 e. The molecular weight excluding hydrogens is 254 g/mol. The SMILES string of the molecule is FC(F)n1ccnc1CNCCCN1CCOCC1. The van der Waals surface area contributed by atoms with Crippen LogP contribution in [0.5, 0.6) is 0 Å². The molecule has 7 heteroatoms. The minimum absolute atomic E-state index is 0.375. The molecule has 0 aromatic carbocycles. The summed E-state index contributed by atoms with van der Waals surface area (Å²) in [5.41, 5.74) is 0. The highest BCUT2D eigenvalue weighted by atomic mass is 19.3. The van der Waals surface area contributed by atoms with Gasteiger partial charge in [0.15, 0.2) is 0 Å². The van der Waals surface area contributed by atoms with E-state index in [-0.39, 0.29) is 0 Å². The molecule has 0 atom stereocenters. The van der Waals surface area contributed by atoms with Crippen molar-refractivity contribution in [3.05, 3.63) is 18.2 Å². The zero-order chi connectivity index (χ0) is 13.5. The summed E-state index contributed by atoms with van der Waals surface area (Å²) < 4.78 is 31.3. The van der Waals surface area contributed by atoms with E-state index in [9.17, 15) is 8.78 Å². The lowest BCUT2D eigenvalue weighted by molar-refractivity contribution is 0.0374. The number of morpholine rings is 1. The predicted molar refractivity (Wildman–Crippen MR) is 67.1 cm³/mol. The average molecular weight is 274 g/mol. The molecule has 0 bridgehead atoms. The second kappa shape index (κ2) is 7.52. The van der Waals surface area contributed by atoms with Crippen LogP contribution in [-0.2, 0) is 11.3 Å². The highest BCUT2D eigenvalue weighted by Gasteiger charge is 2.11. The number of halogens is 2. The highest BCUT2D eigenvalue weighted by Crippen LogP contribution is 2.11. The van der Waals surface area contributed by atoms with E-state index in [1.54, 1.807) is 0 Å². The fourth-order valence-electron chi connectivity index (χ4n) is 2.11. The van der Waals surface area contributed by atoms with Crippen LogP contribution in [0.15, 0.2) is 12.4 Å². The van der Waals surface area contributed by atoms with E-state index in [0.717, 1.165) is 50.4 Å². The molecule has 1 N–H and O–H groups in total. The van der Waals surface area contributed by atoms with Crippen molar-refractivity contribution in [1.82, 2.24) is 19.8 Å². The summed E-state index contributed by atoms with van der Waals surface area (Å²) in [6.07, 6.45) is 3.70. The number of nitrogens with one attached hydrogen (secondary N) is 1. The van der Waals surface area contributed by atoms with Gasteiger partial charge >= 0.3 is 6.55 Å². The Kier molecular flexibility index (Phi) is 5.68. The third-order valence-corrected chi connectivity index (χ3v) is 3.17. The van der Waals surface area contributed by atoms with Crippen molar-refractivity contribution in [3.63, 3.8) is 0 Å². The Labute approximate surface area is 111 Å². The van der Waals surface area contributed by atoms with Gasteiger partial charge in [-0.25, -0.2) is 4.98 Å². The molecule has 2 heterocycles. The molecule has 1 saturated heterocycles. The molecular formula is C12H20F2N4O. The van der Waals surface area contributed by atoms with Crippen molar-refractivity contribution >= 4 is 0 Å². The number of ether oxygens (including phenoxy) is 1. The van der Waals surface area contributed by atoms with Crippen molar-refractivity contribution in [3.8, 4) is 0 Å². The van der Waals surface area contributed by atoms with E-state index in [0.29, 0.717) is 12.4 Å². The van der Waals surface area contributed by atoms with Crippen LogP contribution in [0.2, 0.25) is 0 Å². The summed E-state index contributed by atoms with van der Waals surface area (Å²) in [7, 11) is 0. The van der Waals surface area contributed by atoms with Gasteiger partial charge in [-0.2, -0.15) is 8.78 Å². The van der Waals surface area contributed by atoms with Crippen LogP contribution in [0.25, 0.3) is 0 Å². The second-order valence-corrected chi connectivity index (χ2v) is 4.51. The van der Waals surface area contributed by atoms with Crippen molar-refractivity contribution in [2.75, 3.05) is 39.4 Å². The molecule has 0 aliphatic carbocycles. The number of rotatable bonds is 7. The van der Waals surface area contributed by atoms with Crippen LogP contribution in [-0.4, -0.2) is 53.8 Å². The first kappa shape index (κ1) is 14.4. The van der Waals surface area contributed by atoms with Gasteiger partial charge in [0.2, 0.25) is 0 Å². The smallest absolute Gasteiger partial charge is 0.319 e. The first-order chi connectivity index (χ1) is 9.27. The number of imidazole rings is 1. The molecule has 1 aromatic rings. The quantitative estimate of drug-likeness (QED) is 0.756. The normalized spacial score (nSPS) is 17.2. The summed E-state index contributed by atoms with van der Waals surface area (Å²) >= 11 is 0. The van der Waals surface area contributed by atoms with E-state index in [1.165, 1.54) is 12.4 Å². The molecule has 0 radical (unpaired) electrons. The summed E-state index contributed by atoms with van der Waals surface area (Å²) in [5.74, 6) is 0.376. The maximum absolute atomic E-state index is 12.6. The zero-order valence-electron chi connectivity index (χ0n) is 10.9. The number of hydrogen-bond donors (Lipinski definition) is 1. The van der Waals surface area contributed by atoms with Gasteiger partial charge in [-0.15, -0.1) is 0 Å². The van der Waals surface area contributed by atoms with Gasteiger partial charge in [0.1, 0.15) is 5.82 Å². The molecule has 0 saturated carbocycles. The van der Waals surface area contributed by atoms with Crippen LogP contribution in [0.1, 0.15) is 18.8 Å². The van der Waals surface area contributed by atoms with Crippen LogP contribution in [0, 0.1) is 0 Å². The third kappa shape index (κ3) is 4.52. The van der Waals surface area contributed by atoms with Gasteiger partial charge in [0, 0.05) is 25.5 Å². The Morgan fingerprint density at radius 1 is 1.37 bits per heavy atom. The highest BCUT2D eigenvalue weighted by molar-refractivity contribution is 4.92. The zero-order valence-corrected chi connectivity index (χ0v) is 10.9. The van der Waals surface area contributed by atoms with E-state index in [1.807, 2.05) is 0 Å². The van der Waals surface area contributed by atoms with E-state index < -0.39 is 6.55 Å². The van der Waals surface area contributed by atoms with Crippen LogP contribution >= 0.6 is 0 Å². The molecule has 1 aromatic heterocycles. The standard InChI is InChI=1S/C12H20F2N4O/c13-12(14)18-5-3-16-11(18)10-15-2-1-4-17-6-8-19-9-7-17/h3,5,12,15H,1-2,4,6-10H2. The van der Waals surface area contributed by atoms with Crippen LogP contribution in [0.4, 0.5) is 8.78 Å². The maximum Gasteiger partial charge on any atom is 0.319 e. The molecule has 108 valence electrons. The lowest BCUT2D eigenvalue weighted by atomic mass is 10.3. The molecule has 0 amide bonds. The monoisotopic (exact) mass is 274 g/mol. The number of hydrogen-bond acceptors (Lipinski definition) is 4. The molecule has 1 aliphatic rings. The van der Waals surface area contributed by atoms with Gasteiger partial charge in [0.05, 0.1) is 19.8 Å². The Morgan fingerprint density at radius 2 is 2.16 bits per heavy atom. The van der Waals surface area contributed by atoms with Gasteiger partial charge in [0.25, 0.3) is 0 Å². The fourth-order valence-corrected chi connectivity index (χ4v) is 2.11. The molecule has 19 heavy (non-hydrogen) atoms. The summed E-state index contributed by atoms with van der Waals surface area (Å²) in [5, 5.41) is 3.15. The lowest BCUT2D eigenvalue weighted by Crippen LogP contribution is -2.37. The average Bonchev–Trinajstić information content (AvgIpc) is 2.88. The Bertz CT molecular complexity index is 366. The molecule has 2 rings (SSSR count). The fraction of sp³-hybridized carbons (Fsp3) is 0.750. The minimum atomic E-state index is -2.52. The lowest BCUT2D eigenvalue weighted by Gasteiger charge is -2.26. The van der Waals surface area contributed by atoms with Crippen molar-refractivity contribution in [1.29, 1.82) is 0 Å². The molecule has 1 fully saturated rings. The van der Waals surface area contributed by atoms with Crippen LogP contribution < -0.4 is 5.32 Å². The van der Waals surface area contributed by atoms with Gasteiger partial charge in [-0.3, -0.25) is 9.47 Å². The molecule has 0 unspecified atom stereocenters. The summed E-state index contributed by atoms with van der Waals surface area (Å²) in [6.45, 7) is 3.24. The van der Waals surface area contributed by atoms with E-state index in [2.05, 4.69) is 15.2 Å². The van der Waals surface area contributed by atoms with Gasteiger partial charge in [-0.1, -0.05) is 0 Å². The summed E-state index contributed by atoms with van der Waals surface area (Å²) in [6, 6.07) is 0. The second-order valence-electron chi connectivity index (χ2n) is 4.51. The van der Waals surface area contributed by atoms with E-state index in [4.69, 9.17) is 4.74 Å². The van der Waals surface area contributed by atoms with Crippen molar-refractivity contribution < 1.29 is 13.5 Å². The predicted octanol–water partition coefficient (Wildman–Crippen LogP) is 1.09. The van der Waals surface area contributed by atoms with Crippen LogP contribution in [0.3, 0.4) is 0 Å². The van der Waals surface area contributed by atoms with Crippen molar-refractivity contribution in [2.45, 2.75) is 19.5 Å². The topological polar surface area (TPSA) is 42.3 Å². The maximum atomic E-state index is 12.6. The number of aromatic nitrogens is 2. The third-order valence-electron chi connectivity index (χ3n) is 3.17. The summed E-state index contributed by atoms with van der Waals surface area (Å²) in [4.78, 5) is 6.27. The number of alkyl halides is 2. The first-order valence-corrected chi connectivity index (χ1v) is 6.58. The van der Waals surface area contributed by atoms with Crippen molar-refractivity contribution in [2.24, 2.45) is 0 Å². The van der Waals surface area contributed by atoms with Gasteiger partial charge < -0.3 is 10.1 Å². The number of nitrogens with zero attached hydrogens (tertiary/aromatic N) is 3. The Hall–Kier alpha value is -1.05. The van der Waals surface area contributed by atoms with Gasteiger partial charge in [-0.05, 0) is 19.5 Å². The van der Waals surface area contributed by atoms with E-state index >= 15 is 0 Å². The molecule has 1 aliphatic heterocycles. The first-order valence-electron chi connectivity index (χ1n) is 6.58.